The third-order valence-corrected chi connectivity index (χ3v) is 8.90. The van der Waals surface area contributed by atoms with Crippen molar-refractivity contribution in [2.24, 2.45) is 5.92 Å². The second-order valence-corrected chi connectivity index (χ2v) is 13.5. The predicted molar refractivity (Wildman–Crippen MR) is 185 cm³/mol. The summed E-state index contributed by atoms with van der Waals surface area (Å²) < 4.78 is 7.53. The Balaban J connectivity index is 1.42. The smallest absolute Gasteiger partial charge is 0.271 e. The molecule has 264 valence electrons. The molecule has 2 aromatic carbocycles. The monoisotopic (exact) mass is 702 g/mol. The van der Waals surface area contributed by atoms with Crippen molar-refractivity contribution < 1.29 is 29.0 Å². The first-order valence-electron chi connectivity index (χ1n) is 16.5. The quantitative estimate of drug-likeness (QED) is 0.207. The van der Waals surface area contributed by atoms with Gasteiger partial charge in [0.25, 0.3) is 5.91 Å². The molecule has 3 heterocycles. The van der Waals surface area contributed by atoms with Crippen molar-refractivity contribution in [1.82, 2.24) is 41.2 Å². The number of rotatable bonds is 5. The van der Waals surface area contributed by atoms with Crippen LogP contribution in [0, 0.1) is 5.92 Å². The SMILES string of the molecule is CC(C)C[C@@H]1NC(=O)Cc2cccc(c2)OCCn2cc(nn2)CNC(=O)[C@@H](Cc2ccccc2)NC(=O)[C@H]([C@@H](C)O)NC(=O)c2csc1n2. The maximum atomic E-state index is 13.6. The third kappa shape index (κ3) is 10.2. The molecule has 15 heteroatoms. The number of carbonyl (C=O) groups excluding carboxylic acids is 4. The van der Waals surface area contributed by atoms with E-state index in [0.717, 1.165) is 11.1 Å². The molecule has 0 unspecified atom stereocenters. The lowest BCUT2D eigenvalue weighted by Crippen LogP contribution is -2.57. The van der Waals surface area contributed by atoms with Gasteiger partial charge in [-0.2, -0.15) is 0 Å². The molecule has 50 heavy (non-hydrogen) atoms. The van der Waals surface area contributed by atoms with E-state index in [0.29, 0.717) is 29.4 Å². The maximum Gasteiger partial charge on any atom is 0.271 e. The predicted octanol–water partition coefficient (Wildman–Crippen LogP) is 2.10. The molecule has 5 N–H and O–H groups in total. The van der Waals surface area contributed by atoms with Gasteiger partial charge in [-0.05, 0) is 42.5 Å². The van der Waals surface area contributed by atoms with Crippen LogP contribution in [-0.4, -0.2) is 73.5 Å². The zero-order valence-electron chi connectivity index (χ0n) is 28.2. The first-order chi connectivity index (χ1) is 24.0. The fraction of sp³-hybridized carbons (Fsp3) is 0.400. The summed E-state index contributed by atoms with van der Waals surface area (Å²) >= 11 is 1.22. The second-order valence-electron chi connectivity index (χ2n) is 12.6. The number of benzene rings is 2. The van der Waals surface area contributed by atoms with E-state index in [4.69, 9.17) is 4.74 Å². The highest BCUT2D eigenvalue weighted by Gasteiger charge is 2.31. The number of hydrogen-bond donors (Lipinski definition) is 5. The highest BCUT2D eigenvalue weighted by atomic mass is 32.1. The standard InChI is InChI=1S/C35H42N8O6S/c1-21(2)14-28-35-39-29(20-50-35)33(47)40-31(22(3)44)34(48)38-27(16-23-8-5-4-6-9-23)32(46)36-18-25-19-43(42-41-25)12-13-49-26-11-7-10-24(15-26)17-30(45)37-28/h4-11,15,19-22,27-28,31,44H,12-14,16-18H2,1-3H3,(H,36,46)(H,37,45)(H,38,48)(H,40,47)/t22-,27-,28+,31+/m1/s1. The normalized spacial score (nSPS) is 20.3. The summed E-state index contributed by atoms with van der Waals surface area (Å²) in [5, 5.41) is 32.1. The number of aromatic nitrogens is 4. The van der Waals surface area contributed by atoms with Crippen LogP contribution in [0.2, 0.25) is 0 Å². The third-order valence-electron chi connectivity index (χ3n) is 7.94. The molecule has 4 aromatic rings. The zero-order valence-corrected chi connectivity index (χ0v) is 29.0. The number of thiazole rings is 1. The molecule has 4 atom stereocenters. The fourth-order valence-corrected chi connectivity index (χ4v) is 6.31. The second kappa shape index (κ2) is 17.0. The summed E-state index contributed by atoms with van der Waals surface area (Å²) in [5.74, 6) is -1.32. The lowest BCUT2D eigenvalue weighted by atomic mass is 10.0. The molecule has 0 spiro atoms. The molecule has 5 rings (SSSR count). The number of aliphatic hydroxyl groups is 1. The number of carbonyl (C=O) groups is 4. The van der Waals surface area contributed by atoms with Crippen LogP contribution in [0.3, 0.4) is 0 Å². The highest BCUT2D eigenvalue weighted by molar-refractivity contribution is 7.09. The van der Waals surface area contributed by atoms with Gasteiger partial charge in [0.05, 0.1) is 37.9 Å². The molecule has 0 saturated heterocycles. The molecule has 4 amide bonds. The zero-order chi connectivity index (χ0) is 35.6. The van der Waals surface area contributed by atoms with E-state index in [1.54, 1.807) is 16.3 Å². The average Bonchev–Trinajstić information content (AvgIpc) is 3.76. The number of fused-ring (bicyclic) bond motifs is 6. The Morgan fingerprint density at radius 3 is 2.54 bits per heavy atom. The summed E-state index contributed by atoms with van der Waals surface area (Å²) in [5.41, 5.74) is 2.09. The first-order valence-corrected chi connectivity index (χ1v) is 17.4. The largest absolute Gasteiger partial charge is 0.492 e. The van der Waals surface area contributed by atoms with Gasteiger partial charge in [-0.15, -0.1) is 16.4 Å². The lowest BCUT2D eigenvalue weighted by molar-refractivity contribution is -0.131. The van der Waals surface area contributed by atoms with Gasteiger partial charge >= 0.3 is 0 Å². The van der Waals surface area contributed by atoms with Gasteiger partial charge in [-0.25, -0.2) is 9.67 Å². The Bertz CT molecular complexity index is 1780. The summed E-state index contributed by atoms with van der Waals surface area (Å²) in [6.07, 6.45) is 1.23. The molecule has 0 saturated carbocycles. The number of hydrogen-bond acceptors (Lipinski definition) is 10. The molecular formula is C35H42N8O6S. The van der Waals surface area contributed by atoms with Crippen LogP contribution in [0.15, 0.2) is 66.2 Å². The van der Waals surface area contributed by atoms with Crippen molar-refractivity contribution in [3.05, 3.63) is 93.7 Å². The molecular weight excluding hydrogens is 661 g/mol. The number of nitrogens with zero attached hydrogens (tertiary/aromatic N) is 4. The van der Waals surface area contributed by atoms with Crippen LogP contribution in [0.25, 0.3) is 0 Å². The van der Waals surface area contributed by atoms with Crippen LogP contribution < -0.4 is 26.0 Å². The average molecular weight is 703 g/mol. The van der Waals surface area contributed by atoms with Crippen LogP contribution in [0.1, 0.15) is 65.6 Å². The summed E-state index contributed by atoms with van der Waals surface area (Å²) in [6.45, 7) is 6.15. The Hall–Kier alpha value is -5.15. The van der Waals surface area contributed by atoms with Crippen molar-refractivity contribution in [3.8, 4) is 5.75 Å². The maximum absolute atomic E-state index is 13.6. The van der Waals surface area contributed by atoms with Crippen molar-refractivity contribution in [1.29, 1.82) is 0 Å². The van der Waals surface area contributed by atoms with Crippen LogP contribution in [-0.2, 0) is 40.3 Å². The summed E-state index contributed by atoms with van der Waals surface area (Å²) in [4.78, 5) is 58.1. The number of nitrogens with one attached hydrogen (secondary N) is 4. The summed E-state index contributed by atoms with van der Waals surface area (Å²) in [6, 6.07) is 13.6. The van der Waals surface area contributed by atoms with Crippen LogP contribution in [0.5, 0.6) is 5.75 Å². The minimum absolute atomic E-state index is 0.0356. The van der Waals surface area contributed by atoms with E-state index in [1.807, 2.05) is 68.4 Å². The first kappa shape index (κ1) is 36.1. The van der Waals surface area contributed by atoms with E-state index >= 15 is 0 Å². The molecule has 14 nitrogen and oxygen atoms in total. The summed E-state index contributed by atoms with van der Waals surface area (Å²) in [7, 11) is 0. The molecule has 0 fully saturated rings. The number of amides is 4. The fourth-order valence-electron chi connectivity index (χ4n) is 5.45. The molecule has 1 aliphatic heterocycles. The lowest BCUT2D eigenvalue weighted by Gasteiger charge is -2.24. The highest BCUT2D eigenvalue weighted by Crippen LogP contribution is 2.25. The minimum atomic E-state index is -1.39. The topological polar surface area (TPSA) is 189 Å². The van der Waals surface area contributed by atoms with Crippen molar-refractivity contribution in [2.75, 3.05) is 6.61 Å². The van der Waals surface area contributed by atoms with Crippen molar-refractivity contribution in [2.45, 2.75) is 77.4 Å². The molecule has 2 aromatic heterocycles. The molecule has 0 radical (unpaired) electrons. The van der Waals surface area contributed by atoms with Gasteiger partial charge in [0.15, 0.2) is 0 Å². The molecule has 6 bridgehead atoms. The Morgan fingerprint density at radius 1 is 0.980 bits per heavy atom. The Morgan fingerprint density at radius 2 is 1.78 bits per heavy atom. The Labute approximate surface area is 294 Å². The van der Waals surface area contributed by atoms with E-state index in [-0.39, 0.29) is 43.5 Å². The van der Waals surface area contributed by atoms with E-state index < -0.39 is 42.0 Å². The minimum Gasteiger partial charge on any atom is -0.492 e. The van der Waals surface area contributed by atoms with Gasteiger partial charge in [0.1, 0.15) is 40.8 Å². The van der Waals surface area contributed by atoms with Crippen molar-refractivity contribution >= 4 is 35.0 Å². The number of ether oxygens (including phenoxy) is 1. The van der Waals surface area contributed by atoms with Crippen molar-refractivity contribution in [3.63, 3.8) is 0 Å². The Kier molecular flexibility index (Phi) is 12.3. The van der Waals surface area contributed by atoms with Gasteiger partial charge in [-0.1, -0.05) is 61.5 Å². The van der Waals surface area contributed by atoms with Gasteiger partial charge in [-0.3, -0.25) is 19.2 Å². The van der Waals surface area contributed by atoms with E-state index in [1.165, 1.54) is 18.3 Å². The van der Waals surface area contributed by atoms with Crippen LogP contribution in [0.4, 0.5) is 0 Å². The van der Waals surface area contributed by atoms with Gasteiger partial charge in [0.2, 0.25) is 17.7 Å². The number of aliphatic hydroxyl groups excluding tert-OH is 1. The molecule has 0 aliphatic carbocycles. The van der Waals surface area contributed by atoms with E-state index in [2.05, 4.69) is 36.6 Å². The van der Waals surface area contributed by atoms with Gasteiger partial charge in [0, 0.05) is 11.8 Å². The van der Waals surface area contributed by atoms with Gasteiger partial charge < -0.3 is 31.1 Å². The van der Waals surface area contributed by atoms with Crippen LogP contribution >= 0.6 is 11.3 Å². The molecule has 1 aliphatic rings. The van der Waals surface area contributed by atoms with E-state index in [9.17, 15) is 24.3 Å².